The first-order valence-electron chi connectivity index (χ1n) is 6.51. The zero-order valence-electron chi connectivity index (χ0n) is 11.0. The smallest absolute Gasteiger partial charge is 0.167 e. The molecule has 1 heterocycles. The molecule has 3 nitrogen and oxygen atoms in total. The quantitative estimate of drug-likeness (QED) is 0.789. The Bertz CT molecular complexity index is 619. The van der Waals surface area contributed by atoms with Crippen molar-refractivity contribution in [2.24, 2.45) is 0 Å². The molecular weight excluding hydrogens is 267 g/mol. The average Bonchev–Trinajstić information content (AvgIpc) is 2.65. The van der Waals surface area contributed by atoms with Crippen molar-refractivity contribution in [1.29, 1.82) is 0 Å². The van der Waals surface area contributed by atoms with Gasteiger partial charge in [0.15, 0.2) is 11.6 Å². The summed E-state index contributed by atoms with van der Waals surface area (Å²) in [7, 11) is 1.47. The molecule has 0 aliphatic heterocycles. The van der Waals surface area contributed by atoms with Crippen molar-refractivity contribution < 1.29 is 9.13 Å². The summed E-state index contributed by atoms with van der Waals surface area (Å²) >= 11 is 6.21. The third-order valence-corrected chi connectivity index (χ3v) is 3.98. The number of fused-ring (bicyclic) bond motifs is 1. The van der Waals surface area contributed by atoms with E-state index in [1.54, 1.807) is 6.07 Å². The van der Waals surface area contributed by atoms with Gasteiger partial charge in [0.1, 0.15) is 5.82 Å². The van der Waals surface area contributed by atoms with Crippen molar-refractivity contribution in [2.45, 2.75) is 37.6 Å². The van der Waals surface area contributed by atoms with Gasteiger partial charge >= 0.3 is 0 Å². The lowest BCUT2D eigenvalue weighted by molar-refractivity contribution is 0.312. The van der Waals surface area contributed by atoms with Crippen LogP contribution in [0.3, 0.4) is 0 Å². The third-order valence-electron chi connectivity index (χ3n) is 3.79. The standard InChI is InChI=1S/C14H16ClFN2O/c1-8(15)14-17-11-6-10(16)13(19-2)7-12(11)18(14)9-4-3-5-9/h6-9H,3-5H2,1-2H3. The number of methoxy groups -OCH3 is 1. The molecule has 1 aromatic carbocycles. The molecule has 3 rings (SSSR count). The van der Waals surface area contributed by atoms with Gasteiger partial charge in [-0.2, -0.15) is 0 Å². The predicted octanol–water partition coefficient (Wildman–Crippen LogP) is 4.21. The number of rotatable bonds is 3. The Morgan fingerprint density at radius 2 is 2.21 bits per heavy atom. The van der Waals surface area contributed by atoms with Crippen LogP contribution in [0.25, 0.3) is 11.0 Å². The second-order valence-electron chi connectivity index (χ2n) is 5.02. The minimum atomic E-state index is -0.387. The number of nitrogens with zero attached hydrogens (tertiary/aromatic N) is 2. The lowest BCUT2D eigenvalue weighted by Gasteiger charge is -2.29. The second-order valence-corrected chi connectivity index (χ2v) is 5.67. The van der Waals surface area contributed by atoms with Crippen LogP contribution in [0.4, 0.5) is 4.39 Å². The maximum absolute atomic E-state index is 13.8. The molecule has 0 saturated heterocycles. The monoisotopic (exact) mass is 282 g/mol. The minimum Gasteiger partial charge on any atom is -0.494 e. The Morgan fingerprint density at radius 1 is 1.47 bits per heavy atom. The fraction of sp³-hybridized carbons (Fsp3) is 0.500. The van der Waals surface area contributed by atoms with E-state index in [1.807, 2.05) is 6.92 Å². The van der Waals surface area contributed by atoms with Crippen LogP contribution in [0.15, 0.2) is 12.1 Å². The second kappa shape index (κ2) is 4.67. The molecule has 1 fully saturated rings. The number of hydrogen-bond acceptors (Lipinski definition) is 2. The zero-order valence-corrected chi connectivity index (χ0v) is 11.7. The Morgan fingerprint density at radius 3 is 2.74 bits per heavy atom. The molecule has 19 heavy (non-hydrogen) atoms. The van der Waals surface area contributed by atoms with Crippen molar-refractivity contribution in [1.82, 2.24) is 9.55 Å². The van der Waals surface area contributed by atoms with Gasteiger partial charge in [-0.3, -0.25) is 0 Å². The van der Waals surface area contributed by atoms with Crippen LogP contribution in [0.1, 0.15) is 43.4 Å². The van der Waals surface area contributed by atoms with E-state index in [2.05, 4.69) is 9.55 Å². The Labute approximate surface area is 116 Å². The molecule has 0 spiro atoms. The van der Waals surface area contributed by atoms with Crippen LogP contribution >= 0.6 is 11.6 Å². The highest BCUT2D eigenvalue weighted by Gasteiger charge is 2.27. The first kappa shape index (κ1) is 12.7. The van der Waals surface area contributed by atoms with E-state index >= 15 is 0 Å². The van der Waals surface area contributed by atoms with Crippen LogP contribution in [0, 0.1) is 5.82 Å². The highest BCUT2D eigenvalue weighted by molar-refractivity contribution is 6.20. The van der Waals surface area contributed by atoms with Crippen molar-refractivity contribution in [3.8, 4) is 5.75 Å². The molecule has 102 valence electrons. The van der Waals surface area contributed by atoms with Crippen molar-refractivity contribution in [3.05, 3.63) is 23.8 Å². The molecule has 0 radical (unpaired) electrons. The predicted molar refractivity (Wildman–Crippen MR) is 73.4 cm³/mol. The molecule has 0 amide bonds. The van der Waals surface area contributed by atoms with Gasteiger partial charge in [-0.05, 0) is 26.2 Å². The van der Waals surface area contributed by atoms with Gasteiger partial charge in [0.05, 0.1) is 23.5 Å². The van der Waals surface area contributed by atoms with E-state index in [-0.39, 0.29) is 16.9 Å². The fourth-order valence-corrected chi connectivity index (χ4v) is 2.73. The number of aromatic nitrogens is 2. The Hall–Kier alpha value is -1.29. The lowest BCUT2D eigenvalue weighted by atomic mass is 9.92. The van der Waals surface area contributed by atoms with E-state index in [9.17, 15) is 4.39 Å². The van der Waals surface area contributed by atoms with E-state index in [0.717, 1.165) is 24.2 Å². The summed E-state index contributed by atoms with van der Waals surface area (Å²) in [6.45, 7) is 1.89. The molecule has 5 heteroatoms. The highest BCUT2D eigenvalue weighted by Crippen LogP contribution is 2.39. The molecule has 2 aromatic rings. The molecule has 1 aliphatic rings. The maximum Gasteiger partial charge on any atom is 0.167 e. The number of benzene rings is 1. The van der Waals surface area contributed by atoms with E-state index in [4.69, 9.17) is 16.3 Å². The SMILES string of the molecule is COc1cc2c(cc1F)nc(C(C)Cl)n2C1CCC1. The molecule has 1 aliphatic carbocycles. The first-order chi connectivity index (χ1) is 9.11. The minimum absolute atomic E-state index is 0.193. The van der Waals surface area contributed by atoms with Crippen LogP contribution in [-0.2, 0) is 0 Å². The van der Waals surface area contributed by atoms with Crippen LogP contribution < -0.4 is 4.74 Å². The van der Waals surface area contributed by atoms with Gasteiger partial charge in [0, 0.05) is 18.2 Å². The molecule has 1 saturated carbocycles. The summed E-state index contributed by atoms with van der Waals surface area (Å²) in [6, 6.07) is 3.57. The summed E-state index contributed by atoms with van der Waals surface area (Å²) in [5.74, 6) is 0.679. The van der Waals surface area contributed by atoms with E-state index < -0.39 is 0 Å². The van der Waals surface area contributed by atoms with Crippen LogP contribution in [0.5, 0.6) is 5.75 Å². The van der Waals surface area contributed by atoms with Gasteiger partial charge in [-0.1, -0.05) is 0 Å². The van der Waals surface area contributed by atoms with Gasteiger partial charge < -0.3 is 9.30 Å². The summed E-state index contributed by atoms with van der Waals surface area (Å²) < 4.78 is 21.0. The normalized spacial score (nSPS) is 17.5. The summed E-state index contributed by atoms with van der Waals surface area (Å²) in [4.78, 5) is 4.49. The molecule has 0 bridgehead atoms. The van der Waals surface area contributed by atoms with E-state index in [0.29, 0.717) is 11.6 Å². The largest absolute Gasteiger partial charge is 0.494 e. The molecule has 1 unspecified atom stereocenters. The molecule has 1 atom stereocenters. The maximum atomic E-state index is 13.8. The van der Waals surface area contributed by atoms with Gasteiger partial charge in [0.25, 0.3) is 0 Å². The lowest BCUT2D eigenvalue weighted by Crippen LogP contribution is -2.19. The number of halogens is 2. The number of ether oxygens (including phenoxy) is 1. The van der Waals surface area contributed by atoms with Crippen molar-refractivity contribution >= 4 is 22.6 Å². The molecular formula is C14H16ClFN2O. The van der Waals surface area contributed by atoms with E-state index in [1.165, 1.54) is 19.6 Å². The summed E-state index contributed by atoms with van der Waals surface area (Å²) in [6.07, 6.45) is 3.47. The van der Waals surface area contributed by atoms with Gasteiger partial charge in [0.2, 0.25) is 0 Å². The van der Waals surface area contributed by atoms with Crippen molar-refractivity contribution in [2.75, 3.05) is 7.11 Å². The number of alkyl halides is 1. The Balaban J connectivity index is 2.25. The average molecular weight is 283 g/mol. The van der Waals surface area contributed by atoms with Crippen LogP contribution in [0.2, 0.25) is 0 Å². The Kier molecular flexibility index (Phi) is 3.13. The summed E-state index contributed by atoms with van der Waals surface area (Å²) in [5.41, 5.74) is 1.55. The fourth-order valence-electron chi connectivity index (χ4n) is 2.58. The van der Waals surface area contributed by atoms with Crippen molar-refractivity contribution in [3.63, 3.8) is 0 Å². The number of imidazole rings is 1. The third kappa shape index (κ3) is 1.98. The van der Waals surface area contributed by atoms with Gasteiger partial charge in [-0.25, -0.2) is 9.37 Å². The topological polar surface area (TPSA) is 27.1 Å². The first-order valence-corrected chi connectivity index (χ1v) is 6.95. The molecule has 0 N–H and O–H groups in total. The van der Waals surface area contributed by atoms with Crippen LogP contribution in [-0.4, -0.2) is 16.7 Å². The number of hydrogen-bond donors (Lipinski definition) is 0. The zero-order chi connectivity index (χ0) is 13.6. The highest BCUT2D eigenvalue weighted by atomic mass is 35.5. The molecule has 1 aromatic heterocycles. The summed E-state index contributed by atoms with van der Waals surface area (Å²) in [5, 5.41) is -0.193. The van der Waals surface area contributed by atoms with Gasteiger partial charge in [-0.15, -0.1) is 11.6 Å².